The van der Waals surface area contributed by atoms with E-state index in [1.54, 1.807) is 13.0 Å². The highest BCUT2D eigenvalue weighted by atomic mass is 16.5. The van der Waals surface area contributed by atoms with Crippen LogP contribution in [-0.4, -0.2) is 18.1 Å². The van der Waals surface area contributed by atoms with E-state index >= 15 is 0 Å². The van der Waals surface area contributed by atoms with Crippen LogP contribution < -0.4 is 10.6 Å². The van der Waals surface area contributed by atoms with Gasteiger partial charge in [-0.15, -0.1) is 0 Å². The summed E-state index contributed by atoms with van der Waals surface area (Å²) < 4.78 is 4.26. The lowest BCUT2D eigenvalue weighted by Crippen LogP contribution is -2.20. The number of hydrogen-bond donors (Lipinski definition) is 1. The molecule has 0 fully saturated rings. The molecule has 0 bridgehead atoms. The van der Waals surface area contributed by atoms with E-state index in [-0.39, 0.29) is 5.97 Å². The number of allylic oxidation sites excluding steroid dienone is 1. The highest BCUT2D eigenvalue weighted by Gasteiger charge is 1.84. The van der Waals surface area contributed by atoms with E-state index in [2.05, 4.69) is 27.9 Å². The Bertz CT molecular complexity index is 412. The Morgan fingerprint density at radius 1 is 1.31 bits per heavy atom. The molecule has 0 aromatic carbocycles. The van der Waals surface area contributed by atoms with Crippen molar-refractivity contribution in [3.63, 3.8) is 0 Å². The van der Waals surface area contributed by atoms with Gasteiger partial charge in [-0.05, 0) is 32.1 Å². The molecular formula is C13H19NO2. The van der Waals surface area contributed by atoms with E-state index in [0.717, 1.165) is 0 Å². The first-order valence-corrected chi connectivity index (χ1v) is 5.16. The lowest BCUT2D eigenvalue weighted by atomic mass is 10.4. The Balaban J connectivity index is 0.000000293. The molecule has 1 aromatic heterocycles. The van der Waals surface area contributed by atoms with Crippen LogP contribution in [0.5, 0.6) is 0 Å². The number of aromatic nitrogens is 1. The van der Waals surface area contributed by atoms with E-state index < -0.39 is 0 Å². The van der Waals surface area contributed by atoms with Crippen LogP contribution in [0.3, 0.4) is 0 Å². The third-order valence-corrected chi connectivity index (χ3v) is 1.92. The van der Waals surface area contributed by atoms with Gasteiger partial charge in [-0.1, -0.05) is 18.2 Å². The first-order valence-electron chi connectivity index (χ1n) is 5.16. The van der Waals surface area contributed by atoms with E-state index in [9.17, 15) is 4.79 Å². The van der Waals surface area contributed by atoms with Crippen molar-refractivity contribution >= 4 is 18.1 Å². The number of ether oxygens (including phenoxy) is 1. The molecule has 1 N–H and O–H groups in total. The van der Waals surface area contributed by atoms with Gasteiger partial charge in [-0.2, -0.15) is 0 Å². The molecule has 0 amide bonds. The molecule has 1 heterocycles. The summed E-state index contributed by atoms with van der Waals surface area (Å²) in [5, 5.41) is 2.48. The van der Waals surface area contributed by atoms with Gasteiger partial charge in [-0.25, -0.2) is 4.79 Å². The highest BCUT2D eigenvalue weighted by molar-refractivity contribution is 5.81. The smallest absolute Gasteiger partial charge is 0.330 e. The van der Waals surface area contributed by atoms with Gasteiger partial charge in [-0.3, -0.25) is 0 Å². The summed E-state index contributed by atoms with van der Waals surface area (Å²) in [4.78, 5) is 13.2. The number of rotatable bonds is 1. The van der Waals surface area contributed by atoms with E-state index in [4.69, 9.17) is 0 Å². The van der Waals surface area contributed by atoms with Gasteiger partial charge in [0.15, 0.2) is 0 Å². The largest absolute Gasteiger partial charge is 0.466 e. The number of hydrogen-bond acceptors (Lipinski definition) is 2. The van der Waals surface area contributed by atoms with Crippen molar-refractivity contribution in [2.24, 2.45) is 0 Å². The maximum atomic E-state index is 10.1. The molecule has 0 aliphatic carbocycles. The van der Waals surface area contributed by atoms with Crippen LogP contribution in [0, 0.1) is 0 Å². The van der Waals surface area contributed by atoms with Crippen LogP contribution in [0.4, 0.5) is 0 Å². The molecule has 0 spiro atoms. The standard InChI is InChI=1S/C8H11N.C5H8O2/c1-3-7-5-6-9-8(7)4-2;1-3-4-5(6)7-2/h3-6,9H,1-2H3;3-4H,1-2H3/b7-3-,8-4+;4-3+. The first-order chi connectivity index (χ1) is 7.69. The Morgan fingerprint density at radius 2 is 2.00 bits per heavy atom. The topological polar surface area (TPSA) is 42.1 Å². The van der Waals surface area contributed by atoms with E-state index in [1.807, 2.05) is 20.0 Å². The second-order valence-corrected chi connectivity index (χ2v) is 2.95. The first kappa shape index (κ1) is 14.2. The van der Waals surface area contributed by atoms with Gasteiger partial charge in [0.1, 0.15) is 0 Å². The fraction of sp³-hybridized carbons (Fsp3) is 0.308. The molecular weight excluding hydrogens is 202 g/mol. The summed E-state index contributed by atoms with van der Waals surface area (Å²) in [6.07, 6.45) is 9.09. The minimum atomic E-state index is -0.303. The van der Waals surface area contributed by atoms with Gasteiger partial charge in [0.25, 0.3) is 0 Å². The Hall–Kier alpha value is -1.77. The minimum absolute atomic E-state index is 0.303. The molecule has 0 atom stereocenters. The number of carbonyl (C=O) groups is 1. The molecule has 1 aromatic rings. The lowest BCUT2D eigenvalue weighted by molar-refractivity contribution is -0.134. The number of esters is 1. The number of methoxy groups -OCH3 is 1. The van der Waals surface area contributed by atoms with Crippen molar-refractivity contribution in [1.82, 2.24) is 4.98 Å². The van der Waals surface area contributed by atoms with Crippen LogP contribution in [0.25, 0.3) is 12.2 Å². The SMILES string of the molecule is C/C=C/C(=O)OC.C/C=c1/cc[nH]/c1=C/C. The quantitative estimate of drug-likeness (QED) is 0.574. The van der Waals surface area contributed by atoms with Crippen LogP contribution in [0.1, 0.15) is 20.8 Å². The number of H-pyrrole nitrogens is 1. The van der Waals surface area contributed by atoms with Crippen LogP contribution >= 0.6 is 0 Å². The van der Waals surface area contributed by atoms with Crippen molar-refractivity contribution in [3.05, 3.63) is 35.0 Å². The molecule has 16 heavy (non-hydrogen) atoms. The summed E-state index contributed by atoms with van der Waals surface area (Å²) in [5.74, 6) is -0.303. The maximum Gasteiger partial charge on any atom is 0.330 e. The predicted octanol–water partition coefficient (Wildman–Crippen LogP) is 1.35. The third-order valence-electron chi connectivity index (χ3n) is 1.92. The summed E-state index contributed by atoms with van der Waals surface area (Å²) in [6, 6.07) is 2.06. The highest BCUT2D eigenvalue weighted by Crippen LogP contribution is 1.73. The third kappa shape index (κ3) is 5.20. The molecule has 3 heteroatoms. The predicted molar refractivity (Wildman–Crippen MR) is 67.2 cm³/mol. The van der Waals surface area contributed by atoms with Crippen LogP contribution in [-0.2, 0) is 9.53 Å². The van der Waals surface area contributed by atoms with Crippen molar-refractivity contribution in [1.29, 1.82) is 0 Å². The molecule has 0 aliphatic rings. The van der Waals surface area contributed by atoms with Crippen molar-refractivity contribution in [3.8, 4) is 0 Å². The second kappa shape index (κ2) is 8.53. The zero-order valence-electron chi connectivity index (χ0n) is 10.3. The molecule has 3 nitrogen and oxygen atoms in total. The number of carbonyl (C=O) groups excluding carboxylic acids is 1. The average Bonchev–Trinajstić information content (AvgIpc) is 2.77. The lowest BCUT2D eigenvalue weighted by Gasteiger charge is -1.84. The molecule has 88 valence electrons. The molecule has 0 saturated carbocycles. The summed E-state index contributed by atoms with van der Waals surface area (Å²) >= 11 is 0. The Labute approximate surface area is 96.1 Å². The van der Waals surface area contributed by atoms with Gasteiger partial charge in [0, 0.05) is 17.6 Å². The Morgan fingerprint density at radius 3 is 2.31 bits per heavy atom. The molecule has 0 unspecified atom stereocenters. The van der Waals surface area contributed by atoms with Crippen molar-refractivity contribution < 1.29 is 9.53 Å². The number of aromatic amines is 1. The zero-order chi connectivity index (χ0) is 12.4. The van der Waals surface area contributed by atoms with Gasteiger partial charge < -0.3 is 9.72 Å². The Kier molecular flexibility index (Phi) is 7.59. The average molecular weight is 221 g/mol. The summed E-state index contributed by atoms with van der Waals surface area (Å²) in [7, 11) is 1.35. The van der Waals surface area contributed by atoms with Crippen LogP contribution in [0.2, 0.25) is 0 Å². The molecule has 1 rings (SSSR count). The fourth-order valence-corrected chi connectivity index (χ4v) is 1.10. The summed E-state index contributed by atoms with van der Waals surface area (Å²) in [5.41, 5.74) is 0. The normalized spacial score (nSPS) is 12.5. The van der Waals surface area contributed by atoms with Gasteiger partial charge in [0.05, 0.1) is 7.11 Å². The van der Waals surface area contributed by atoms with Gasteiger partial charge in [0.2, 0.25) is 0 Å². The van der Waals surface area contributed by atoms with Crippen molar-refractivity contribution in [2.75, 3.05) is 7.11 Å². The van der Waals surface area contributed by atoms with Gasteiger partial charge >= 0.3 is 5.97 Å². The molecule has 0 aliphatic heterocycles. The molecule has 0 radical (unpaired) electrons. The molecule has 0 saturated heterocycles. The second-order valence-electron chi connectivity index (χ2n) is 2.95. The van der Waals surface area contributed by atoms with E-state index in [0.29, 0.717) is 0 Å². The van der Waals surface area contributed by atoms with Crippen molar-refractivity contribution in [2.45, 2.75) is 20.8 Å². The van der Waals surface area contributed by atoms with E-state index in [1.165, 1.54) is 23.8 Å². The zero-order valence-corrected chi connectivity index (χ0v) is 10.3. The minimum Gasteiger partial charge on any atom is -0.466 e. The van der Waals surface area contributed by atoms with Crippen LogP contribution in [0.15, 0.2) is 24.4 Å². The fourth-order valence-electron chi connectivity index (χ4n) is 1.10. The number of nitrogens with one attached hydrogen (secondary N) is 1. The maximum absolute atomic E-state index is 10.1. The summed E-state index contributed by atoms with van der Waals surface area (Å²) in [6.45, 7) is 5.83. The monoisotopic (exact) mass is 221 g/mol.